The van der Waals surface area contributed by atoms with Gasteiger partial charge in [-0.15, -0.1) is 0 Å². The number of nitrogens with zero attached hydrogens (tertiary/aromatic N) is 1. The van der Waals surface area contributed by atoms with Crippen LogP contribution in [0.5, 0.6) is 5.75 Å². The first-order valence-electron chi connectivity index (χ1n) is 6.52. The molecule has 0 aliphatic heterocycles. The highest BCUT2D eigenvalue weighted by molar-refractivity contribution is 7.97. The maximum atomic E-state index is 11.4. The number of rotatable bonds is 6. The number of alkyl carbamates (subject to hydrolysis) is 1. The predicted molar refractivity (Wildman–Crippen MR) is 80.6 cm³/mol. The summed E-state index contributed by atoms with van der Waals surface area (Å²) in [5.74, 6) is 0.502. The van der Waals surface area contributed by atoms with Gasteiger partial charge in [0, 0.05) is 11.9 Å². The Labute approximate surface area is 132 Å². The molecule has 3 N–H and O–H groups in total. The van der Waals surface area contributed by atoms with Crippen molar-refractivity contribution < 1.29 is 24.2 Å². The highest BCUT2D eigenvalue weighted by atomic mass is 32.2. The lowest BCUT2D eigenvalue weighted by molar-refractivity contribution is 0.0283. The highest BCUT2D eigenvalue weighted by Crippen LogP contribution is 2.16. The van der Waals surface area contributed by atoms with Gasteiger partial charge in [-0.25, -0.2) is 19.9 Å². The van der Waals surface area contributed by atoms with E-state index in [4.69, 9.17) is 4.74 Å². The third kappa shape index (κ3) is 7.70. The van der Waals surface area contributed by atoms with E-state index in [1.54, 1.807) is 32.9 Å². The number of hydrogen-bond acceptors (Lipinski definition) is 7. The zero-order valence-electron chi connectivity index (χ0n) is 12.6. The Balaban J connectivity index is 2.38. The zero-order valence-corrected chi connectivity index (χ0v) is 13.4. The summed E-state index contributed by atoms with van der Waals surface area (Å²) in [5.41, 5.74) is -0.930. The van der Waals surface area contributed by atoms with Crippen molar-refractivity contribution in [2.75, 3.05) is 13.2 Å². The molecule has 0 spiro atoms. The van der Waals surface area contributed by atoms with Gasteiger partial charge in [0.1, 0.15) is 17.4 Å². The Morgan fingerprint density at radius 3 is 2.68 bits per heavy atom. The van der Waals surface area contributed by atoms with Gasteiger partial charge < -0.3 is 14.6 Å². The van der Waals surface area contributed by atoms with Crippen LogP contribution in [0.1, 0.15) is 20.8 Å². The summed E-state index contributed by atoms with van der Waals surface area (Å²) in [6.07, 6.45) is 0.655. The van der Waals surface area contributed by atoms with Crippen LogP contribution in [0, 0.1) is 0 Å². The number of carbonyl (C=O) groups is 2. The van der Waals surface area contributed by atoms with Crippen molar-refractivity contribution in [3.05, 3.63) is 18.3 Å². The second-order valence-electron chi connectivity index (χ2n) is 4.81. The van der Waals surface area contributed by atoms with E-state index in [2.05, 4.69) is 14.4 Å². The maximum absolute atomic E-state index is 11.4. The van der Waals surface area contributed by atoms with Crippen molar-refractivity contribution >= 4 is 24.1 Å². The molecule has 1 aromatic heterocycles. The number of carbonyl (C=O) groups excluding carboxylic acids is 2. The van der Waals surface area contributed by atoms with E-state index in [0.29, 0.717) is 10.8 Å². The lowest BCUT2D eigenvalue weighted by Gasteiger charge is -2.17. The summed E-state index contributed by atoms with van der Waals surface area (Å²) in [5, 5.41) is 12.0. The molecule has 0 radical (unpaired) electrons. The number of hydrogen-bond donors (Lipinski definition) is 3. The highest BCUT2D eigenvalue weighted by Gasteiger charge is 2.13. The molecular formula is C13H19N3O5S. The molecule has 8 nitrogen and oxygen atoms in total. The van der Waals surface area contributed by atoms with Gasteiger partial charge in [0.05, 0.1) is 18.4 Å². The third-order valence-corrected chi connectivity index (χ3v) is 2.78. The van der Waals surface area contributed by atoms with E-state index in [1.165, 1.54) is 6.20 Å². The largest absolute Gasteiger partial charge is 0.489 e. The molecule has 0 saturated carbocycles. The van der Waals surface area contributed by atoms with E-state index in [9.17, 15) is 14.7 Å². The van der Waals surface area contributed by atoms with Crippen molar-refractivity contribution in [3.63, 3.8) is 0 Å². The number of nitrogens with one attached hydrogen (secondary N) is 2. The van der Waals surface area contributed by atoms with Crippen molar-refractivity contribution in [3.8, 4) is 5.75 Å². The van der Waals surface area contributed by atoms with Crippen LogP contribution in [0.15, 0.2) is 23.4 Å². The molecule has 0 saturated heterocycles. The van der Waals surface area contributed by atoms with Crippen molar-refractivity contribution in [1.29, 1.82) is 0 Å². The van der Waals surface area contributed by atoms with Gasteiger partial charge in [-0.1, -0.05) is 0 Å². The summed E-state index contributed by atoms with van der Waals surface area (Å²) >= 11 is 0.935. The van der Waals surface area contributed by atoms with Crippen molar-refractivity contribution in [2.45, 2.75) is 31.4 Å². The molecule has 0 aliphatic carbocycles. The van der Waals surface area contributed by atoms with Crippen LogP contribution < -0.4 is 14.8 Å². The van der Waals surface area contributed by atoms with Gasteiger partial charge in [-0.05, 0) is 32.9 Å². The minimum Gasteiger partial charge on any atom is -0.489 e. The number of amides is 3. The van der Waals surface area contributed by atoms with Gasteiger partial charge in [-0.3, -0.25) is 4.72 Å². The van der Waals surface area contributed by atoms with Crippen molar-refractivity contribution in [2.24, 2.45) is 0 Å². The number of urea groups is 1. The van der Waals surface area contributed by atoms with Gasteiger partial charge >= 0.3 is 12.1 Å². The molecule has 3 amide bonds. The van der Waals surface area contributed by atoms with Gasteiger partial charge in [0.15, 0.2) is 0 Å². The summed E-state index contributed by atoms with van der Waals surface area (Å²) in [4.78, 5) is 26.4. The SMILES string of the molecule is CCOC(=O)NC(=O)NSc1ccc(OCC(C)(C)O)cn1. The topological polar surface area (TPSA) is 110 Å². The fourth-order valence-corrected chi connectivity index (χ4v) is 1.65. The first kappa shape index (κ1) is 18.1. The molecule has 22 heavy (non-hydrogen) atoms. The summed E-state index contributed by atoms with van der Waals surface area (Å²) < 4.78 is 12.3. The van der Waals surface area contributed by atoms with Gasteiger partial charge in [-0.2, -0.15) is 0 Å². The Hall–Kier alpha value is -2.00. The number of imide groups is 1. The molecule has 0 unspecified atom stereocenters. The molecule has 1 heterocycles. The molecule has 9 heteroatoms. The van der Waals surface area contributed by atoms with Gasteiger partial charge in [0.25, 0.3) is 0 Å². The number of aromatic nitrogens is 1. The lowest BCUT2D eigenvalue weighted by atomic mass is 10.2. The second kappa shape index (κ2) is 8.44. The van der Waals surface area contributed by atoms with E-state index >= 15 is 0 Å². The zero-order chi connectivity index (χ0) is 16.6. The Morgan fingerprint density at radius 1 is 1.41 bits per heavy atom. The fraction of sp³-hybridized carbons (Fsp3) is 0.462. The summed E-state index contributed by atoms with van der Waals surface area (Å²) in [6, 6.07) is 2.59. The van der Waals surface area contributed by atoms with E-state index in [-0.39, 0.29) is 13.2 Å². The van der Waals surface area contributed by atoms with E-state index < -0.39 is 17.7 Å². The normalized spacial score (nSPS) is 10.7. The van der Waals surface area contributed by atoms with Crippen LogP contribution >= 0.6 is 11.9 Å². The molecule has 1 rings (SSSR count). The smallest absolute Gasteiger partial charge is 0.415 e. The molecule has 0 aromatic carbocycles. The Morgan fingerprint density at radius 2 is 2.14 bits per heavy atom. The molecule has 0 aliphatic rings. The van der Waals surface area contributed by atoms with Crippen LogP contribution in [-0.2, 0) is 4.74 Å². The third-order valence-electron chi connectivity index (χ3n) is 2.04. The number of pyridine rings is 1. The molecular weight excluding hydrogens is 310 g/mol. The van der Waals surface area contributed by atoms with Crippen LogP contribution in [0.2, 0.25) is 0 Å². The van der Waals surface area contributed by atoms with Crippen LogP contribution in [-0.4, -0.2) is 41.0 Å². The van der Waals surface area contributed by atoms with Crippen LogP contribution in [0.3, 0.4) is 0 Å². The van der Waals surface area contributed by atoms with Crippen LogP contribution in [0.4, 0.5) is 9.59 Å². The second-order valence-corrected chi connectivity index (χ2v) is 5.64. The first-order valence-corrected chi connectivity index (χ1v) is 7.33. The van der Waals surface area contributed by atoms with Crippen molar-refractivity contribution in [1.82, 2.24) is 15.0 Å². The summed E-state index contributed by atoms with van der Waals surface area (Å²) in [7, 11) is 0. The minimum absolute atomic E-state index is 0.140. The Bertz CT molecular complexity index is 501. The molecule has 1 aromatic rings. The minimum atomic E-state index is -0.930. The number of aliphatic hydroxyl groups is 1. The molecule has 0 bridgehead atoms. The molecule has 122 valence electrons. The Kier molecular flexibility index (Phi) is 6.93. The van der Waals surface area contributed by atoms with E-state index in [1.807, 2.05) is 5.32 Å². The standard InChI is InChI=1S/C13H19N3O5S/c1-4-20-12(18)15-11(17)16-22-10-6-5-9(7-14-10)21-8-13(2,3)19/h5-7,19H,4,8H2,1-3H3,(H2,15,16,17,18). The first-order chi connectivity index (χ1) is 10.3. The predicted octanol–water partition coefficient (Wildman–Crippen LogP) is 1.69. The van der Waals surface area contributed by atoms with Gasteiger partial charge in [0.2, 0.25) is 0 Å². The average Bonchev–Trinajstić information content (AvgIpc) is 2.43. The average molecular weight is 329 g/mol. The fourth-order valence-electron chi connectivity index (χ4n) is 1.16. The quantitative estimate of drug-likeness (QED) is 0.681. The summed E-state index contributed by atoms with van der Waals surface area (Å²) in [6.45, 7) is 5.23. The molecule has 0 fully saturated rings. The van der Waals surface area contributed by atoms with E-state index in [0.717, 1.165) is 11.9 Å². The maximum Gasteiger partial charge on any atom is 0.415 e. The number of ether oxygens (including phenoxy) is 2. The van der Waals surface area contributed by atoms with Crippen LogP contribution in [0.25, 0.3) is 0 Å². The molecule has 0 atom stereocenters. The monoisotopic (exact) mass is 329 g/mol. The lowest BCUT2D eigenvalue weighted by Crippen LogP contribution is -2.36.